The fraction of sp³-hybridized carbons (Fsp3) is 0.267. The van der Waals surface area contributed by atoms with E-state index >= 15 is 0 Å². The van der Waals surface area contributed by atoms with Gasteiger partial charge in [0.1, 0.15) is 5.15 Å². The molecular formula is C15H14ClNO3S. The van der Waals surface area contributed by atoms with E-state index in [1.807, 2.05) is 13.0 Å². The van der Waals surface area contributed by atoms with Crippen LogP contribution in [0, 0.1) is 20.8 Å². The molecule has 0 saturated carbocycles. The maximum Gasteiger partial charge on any atom is 0.342 e. The number of nitrogens with zero attached hydrogens (tertiary/aromatic N) is 1. The largest absolute Gasteiger partial charge is 0.454 e. The minimum absolute atomic E-state index is 0.0944. The van der Waals surface area contributed by atoms with Gasteiger partial charge in [-0.05, 0) is 44.5 Å². The van der Waals surface area contributed by atoms with Crippen LogP contribution in [0.25, 0.3) is 0 Å². The quantitative estimate of drug-likeness (QED) is 0.488. The fourth-order valence-electron chi connectivity index (χ4n) is 1.90. The molecule has 0 atom stereocenters. The van der Waals surface area contributed by atoms with E-state index in [1.165, 1.54) is 11.3 Å². The summed E-state index contributed by atoms with van der Waals surface area (Å²) in [7, 11) is 0. The molecule has 2 heterocycles. The van der Waals surface area contributed by atoms with Crippen LogP contribution in [-0.2, 0) is 4.74 Å². The molecule has 21 heavy (non-hydrogen) atoms. The molecule has 2 rings (SSSR count). The number of carbonyl (C=O) groups is 2. The number of aryl methyl sites for hydroxylation is 3. The fourth-order valence-corrected chi connectivity index (χ4v) is 3.05. The summed E-state index contributed by atoms with van der Waals surface area (Å²) >= 11 is 7.34. The van der Waals surface area contributed by atoms with Crippen LogP contribution < -0.4 is 0 Å². The minimum Gasteiger partial charge on any atom is -0.454 e. The van der Waals surface area contributed by atoms with Crippen LogP contribution in [-0.4, -0.2) is 23.3 Å². The van der Waals surface area contributed by atoms with Gasteiger partial charge in [0.25, 0.3) is 0 Å². The zero-order chi connectivity index (χ0) is 15.6. The molecule has 0 aromatic carbocycles. The Morgan fingerprint density at radius 2 is 2.00 bits per heavy atom. The summed E-state index contributed by atoms with van der Waals surface area (Å²) in [4.78, 5) is 29.6. The average Bonchev–Trinajstić information content (AvgIpc) is 2.81. The second-order valence-electron chi connectivity index (χ2n) is 4.66. The zero-order valence-electron chi connectivity index (χ0n) is 11.9. The first kappa shape index (κ1) is 15.7. The third-order valence-corrected chi connectivity index (χ3v) is 4.17. The molecule has 0 bridgehead atoms. The van der Waals surface area contributed by atoms with Crippen LogP contribution in [0.15, 0.2) is 18.2 Å². The number of carbonyl (C=O) groups excluding carboxylic acids is 2. The first-order valence-electron chi connectivity index (χ1n) is 6.29. The van der Waals surface area contributed by atoms with Crippen molar-refractivity contribution in [1.29, 1.82) is 0 Å². The zero-order valence-corrected chi connectivity index (χ0v) is 13.5. The summed E-state index contributed by atoms with van der Waals surface area (Å²) < 4.78 is 5.05. The lowest BCUT2D eigenvalue weighted by Crippen LogP contribution is -2.15. The van der Waals surface area contributed by atoms with Gasteiger partial charge < -0.3 is 4.74 Å². The summed E-state index contributed by atoms with van der Waals surface area (Å²) in [5.41, 5.74) is 1.61. The van der Waals surface area contributed by atoms with Crippen LogP contribution in [0.3, 0.4) is 0 Å². The van der Waals surface area contributed by atoms with Crippen LogP contribution in [0.1, 0.15) is 36.2 Å². The molecule has 0 aliphatic carbocycles. The van der Waals surface area contributed by atoms with Gasteiger partial charge in [-0.15, -0.1) is 11.3 Å². The molecule has 0 amide bonds. The number of aromatic nitrogens is 1. The second kappa shape index (κ2) is 6.37. The summed E-state index contributed by atoms with van der Waals surface area (Å²) in [5, 5.41) is 0.0944. The van der Waals surface area contributed by atoms with Gasteiger partial charge in [-0.25, -0.2) is 9.78 Å². The predicted molar refractivity (Wildman–Crippen MR) is 82.4 cm³/mol. The molecular weight excluding hydrogens is 310 g/mol. The van der Waals surface area contributed by atoms with E-state index in [9.17, 15) is 9.59 Å². The molecule has 0 aliphatic heterocycles. The highest BCUT2D eigenvalue weighted by Crippen LogP contribution is 2.20. The Balaban J connectivity index is 2.07. The summed E-state index contributed by atoms with van der Waals surface area (Å²) in [6, 6.07) is 5.32. The summed E-state index contributed by atoms with van der Waals surface area (Å²) in [6.45, 7) is 5.15. The Bertz CT molecular complexity index is 686. The third kappa shape index (κ3) is 3.68. The van der Waals surface area contributed by atoms with E-state index in [4.69, 9.17) is 16.3 Å². The number of rotatable bonds is 4. The monoisotopic (exact) mass is 323 g/mol. The Morgan fingerprint density at radius 1 is 1.29 bits per heavy atom. The number of esters is 1. The molecule has 0 fully saturated rings. The lowest BCUT2D eigenvalue weighted by atomic mass is 10.1. The highest BCUT2D eigenvalue weighted by molar-refractivity contribution is 7.14. The standard InChI is InChI=1S/C15H14ClNO3S/c1-8-6-9(2)17-14(16)13(8)15(19)20-7-11(18)12-5-4-10(3)21-12/h4-6H,7H2,1-3H3. The maximum absolute atomic E-state index is 12.0. The van der Waals surface area contributed by atoms with Gasteiger partial charge in [0, 0.05) is 10.6 Å². The highest BCUT2D eigenvalue weighted by Gasteiger charge is 2.19. The molecule has 4 nitrogen and oxygen atoms in total. The molecule has 0 aliphatic rings. The maximum atomic E-state index is 12.0. The Morgan fingerprint density at radius 3 is 2.57 bits per heavy atom. The van der Waals surface area contributed by atoms with Crippen molar-refractivity contribution in [2.24, 2.45) is 0 Å². The summed E-state index contributed by atoms with van der Waals surface area (Å²) in [6.07, 6.45) is 0. The Hall–Kier alpha value is -1.72. The second-order valence-corrected chi connectivity index (χ2v) is 6.30. The molecule has 0 N–H and O–H groups in total. The topological polar surface area (TPSA) is 56.3 Å². The van der Waals surface area contributed by atoms with E-state index in [1.54, 1.807) is 26.0 Å². The van der Waals surface area contributed by atoms with Crippen LogP contribution in [0.4, 0.5) is 0 Å². The van der Waals surface area contributed by atoms with Gasteiger partial charge in [-0.1, -0.05) is 11.6 Å². The first-order valence-corrected chi connectivity index (χ1v) is 7.48. The average molecular weight is 324 g/mol. The number of hydrogen-bond donors (Lipinski definition) is 0. The van der Waals surface area contributed by atoms with Crippen molar-refractivity contribution in [2.75, 3.05) is 6.61 Å². The van der Waals surface area contributed by atoms with Crippen molar-refractivity contribution >= 4 is 34.7 Å². The number of hydrogen-bond acceptors (Lipinski definition) is 5. The van der Waals surface area contributed by atoms with Gasteiger partial charge in [0.15, 0.2) is 6.61 Å². The lowest BCUT2D eigenvalue weighted by Gasteiger charge is -2.08. The first-order chi connectivity index (χ1) is 9.88. The van der Waals surface area contributed by atoms with Crippen LogP contribution in [0.5, 0.6) is 0 Å². The van der Waals surface area contributed by atoms with E-state index in [-0.39, 0.29) is 23.1 Å². The van der Waals surface area contributed by atoms with Gasteiger partial charge >= 0.3 is 5.97 Å². The van der Waals surface area contributed by atoms with Crippen molar-refractivity contribution in [1.82, 2.24) is 4.98 Å². The van der Waals surface area contributed by atoms with Crippen molar-refractivity contribution < 1.29 is 14.3 Å². The van der Waals surface area contributed by atoms with E-state index in [0.29, 0.717) is 10.4 Å². The molecule has 2 aromatic rings. The minimum atomic E-state index is -0.633. The van der Waals surface area contributed by atoms with Crippen LogP contribution in [0.2, 0.25) is 5.15 Å². The van der Waals surface area contributed by atoms with Gasteiger partial charge in [-0.3, -0.25) is 4.79 Å². The van der Waals surface area contributed by atoms with Crippen LogP contribution >= 0.6 is 22.9 Å². The number of halogens is 1. The number of ether oxygens (including phenoxy) is 1. The summed E-state index contributed by atoms with van der Waals surface area (Å²) in [5.74, 6) is -0.859. The van der Waals surface area contributed by atoms with Crippen molar-refractivity contribution in [3.05, 3.63) is 49.9 Å². The predicted octanol–water partition coefficient (Wildman–Crippen LogP) is 3.76. The molecule has 0 spiro atoms. The molecule has 6 heteroatoms. The van der Waals surface area contributed by atoms with Gasteiger partial charge in [0.2, 0.25) is 5.78 Å². The molecule has 110 valence electrons. The Kier molecular flexibility index (Phi) is 4.75. The van der Waals surface area contributed by atoms with Crippen molar-refractivity contribution in [3.63, 3.8) is 0 Å². The molecule has 0 unspecified atom stereocenters. The van der Waals surface area contributed by atoms with E-state index in [2.05, 4.69) is 4.98 Å². The van der Waals surface area contributed by atoms with Crippen molar-refractivity contribution in [3.8, 4) is 0 Å². The smallest absolute Gasteiger partial charge is 0.342 e. The number of Topliss-reactive ketones (excluding diaryl/α,β-unsaturated/α-hetero) is 1. The molecule has 0 radical (unpaired) electrons. The third-order valence-electron chi connectivity index (χ3n) is 2.85. The molecule has 0 saturated heterocycles. The van der Waals surface area contributed by atoms with Gasteiger partial charge in [0.05, 0.1) is 10.4 Å². The SMILES string of the molecule is Cc1cc(C)c(C(=O)OCC(=O)c2ccc(C)s2)c(Cl)n1. The van der Waals surface area contributed by atoms with Crippen molar-refractivity contribution in [2.45, 2.75) is 20.8 Å². The number of thiophene rings is 1. The Labute approximate surface area is 131 Å². The van der Waals surface area contributed by atoms with E-state index in [0.717, 1.165) is 10.6 Å². The molecule has 2 aromatic heterocycles. The number of pyridine rings is 1. The lowest BCUT2D eigenvalue weighted by molar-refractivity contribution is 0.0475. The highest BCUT2D eigenvalue weighted by atomic mass is 35.5. The normalized spacial score (nSPS) is 10.5. The van der Waals surface area contributed by atoms with Gasteiger partial charge in [-0.2, -0.15) is 0 Å². The van der Waals surface area contributed by atoms with E-state index < -0.39 is 5.97 Å². The number of ketones is 1.